The molecule has 4 aromatic rings. The molecule has 2 aromatic carbocycles. The SMILES string of the molecule is Cc1cnc(NC(=O)c2cccc3c(=O)cc(-c4ccccc4C(F)F)oc23)s1. The number of aromatic nitrogens is 1. The van der Waals surface area contributed by atoms with E-state index >= 15 is 0 Å². The third-order valence-electron chi connectivity index (χ3n) is 4.30. The van der Waals surface area contributed by atoms with Crippen LogP contribution in [0.1, 0.15) is 27.2 Å². The fourth-order valence-electron chi connectivity index (χ4n) is 2.98. The van der Waals surface area contributed by atoms with Crippen molar-refractivity contribution in [2.75, 3.05) is 5.32 Å². The number of benzene rings is 2. The quantitative estimate of drug-likeness (QED) is 0.486. The lowest BCUT2D eigenvalue weighted by atomic mass is 10.0. The smallest absolute Gasteiger partial charge is 0.264 e. The summed E-state index contributed by atoms with van der Waals surface area (Å²) in [5, 5.41) is 3.26. The first-order chi connectivity index (χ1) is 13.9. The van der Waals surface area contributed by atoms with Crippen LogP contribution in [-0.4, -0.2) is 10.9 Å². The Labute approximate surface area is 167 Å². The third kappa shape index (κ3) is 3.66. The van der Waals surface area contributed by atoms with Crippen LogP contribution in [0.3, 0.4) is 0 Å². The van der Waals surface area contributed by atoms with Crippen molar-refractivity contribution in [3.63, 3.8) is 0 Å². The van der Waals surface area contributed by atoms with Gasteiger partial charge in [0.1, 0.15) is 5.76 Å². The van der Waals surface area contributed by atoms with Gasteiger partial charge in [-0.3, -0.25) is 14.9 Å². The van der Waals surface area contributed by atoms with Crippen molar-refractivity contribution in [3.05, 3.63) is 81.0 Å². The normalized spacial score (nSPS) is 11.2. The second-order valence-electron chi connectivity index (χ2n) is 6.28. The zero-order valence-electron chi connectivity index (χ0n) is 15.1. The van der Waals surface area contributed by atoms with Gasteiger partial charge < -0.3 is 4.42 Å². The van der Waals surface area contributed by atoms with Gasteiger partial charge in [-0.05, 0) is 19.1 Å². The van der Waals surface area contributed by atoms with E-state index < -0.39 is 17.8 Å². The average Bonchev–Trinajstić information content (AvgIpc) is 3.12. The van der Waals surface area contributed by atoms with E-state index in [0.29, 0.717) is 5.13 Å². The number of nitrogens with zero attached hydrogens (tertiary/aromatic N) is 1. The van der Waals surface area contributed by atoms with Crippen molar-refractivity contribution in [3.8, 4) is 11.3 Å². The van der Waals surface area contributed by atoms with Crippen molar-refractivity contribution in [2.24, 2.45) is 0 Å². The number of hydrogen-bond donors (Lipinski definition) is 1. The molecule has 0 radical (unpaired) electrons. The Hall–Kier alpha value is -3.39. The molecule has 8 heteroatoms. The number of thiazole rings is 1. The summed E-state index contributed by atoms with van der Waals surface area (Å²) in [6.07, 6.45) is -1.11. The van der Waals surface area contributed by atoms with E-state index in [-0.39, 0.29) is 33.4 Å². The molecule has 0 saturated carbocycles. The summed E-state index contributed by atoms with van der Waals surface area (Å²) in [5.41, 5.74) is -0.429. The summed E-state index contributed by atoms with van der Waals surface area (Å²) in [7, 11) is 0. The van der Waals surface area contributed by atoms with Crippen LogP contribution in [-0.2, 0) is 0 Å². The minimum Gasteiger partial charge on any atom is -0.455 e. The molecule has 5 nitrogen and oxygen atoms in total. The molecule has 29 heavy (non-hydrogen) atoms. The monoisotopic (exact) mass is 412 g/mol. The average molecular weight is 412 g/mol. The number of fused-ring (bicyclic) bond motifs is 1. The number of nitrogens with one attached hydrogen (secondary N) is 1. The van der Waals surface area contributed by atoms with Gasteiger partial charge in [-0.1, -0.05) is 30.3 Å². The van der Waals surface area contributed by atoms with E-state index in [2.05, 4.69) is 10.3 Å². The van der Waals surface area contributed by atoms with Gasteiger partial charge in [-0.2, -0.15) is 0 Å². The van der Waals surface area contributed by atoms with E-state index in [1.165, 1.54) is 41.7 Å². The second-order valence-corrected chi connectivity index (χ2v) is 7.51. The van der Waals surface area contributed by atoms with Crippen molar-refractivity contribution >= 4 is 33.3 Å². The molecule has 0 aliphatic rings. The molecule has 0 unspecified atom stereocenters. The highest BCUT2D eigenvalue weighted by atomic mass is 32.1. The summed E-state index contributed by atoms with van der Waals surface area (Å²) in [6.45, 7) is 1.86. The Morgan fingerprint density at radius 2 is 1.97 bits per heavy atom. The highest BCUT2D eigenvalue weighted by Gasteiger charge is 2.19. The molecule has 146 valence electrons. The van der Waals surface area contributed by atoms with E-state index in [0.717, 1.165) is 10.9 Å². The zero-order valence-corrected chi connectivity index (χ0v) is 15.9. The van der Waals surface area contributed by atoms with Crippen LogP contribution in [0.15, 0.2) is 63.9 Å². The number of carbonyl (C=O) groups excluding carboxylic acids is 1. The van der Waals surface area contributed by atoms with Gasteiger partial charge >= 0.3 is 0 Å². The van der Waals surface area contributed by atoms with Gasteiger partial charge in [0.15, 0.2) is 16.1 Å². The number of hydrogen-bond acceptors (Lipinski definition) is 5. The molecule has 0 saturated heterocycles. The minimum atomic E-state index is -2.74. The van der Waals surface area contributed by atoms with Gasteiger partial charge in [0, 0.05) is 28.3 Å². The molecular formula is C21H14F2N2O3S. The Bertz CT molecular complexity index is 1280. The molecular weight excluding hydrogens is 398 g/mol. The Balaban J connectivity index is 1.86. The van der Waals surface area contributed by atoms with Crippen molar-refractivity contribution in [1.82, 2.24) is 4.98 Å². The minimum absolute atomic E-state index is 0.0243. The lowest BCUT2D eigenvalue weighted by molar-refractivity contribution is 0.102. The van der Waals surface area contributed by atoms with Crippen LogP contribution in [0.2, 0.25) is 0 Å². The molecule has 2 heterocycles. The number of anilines is 1. The lowest BCUT2D eigenvalue weighted by Gasteiger charge is -2.10. The molecule has 0 aliphatic carbocycles. The van der Waals surface area contributed by atoms with Crippen LogP contribution >= 0.6 is 11.3 Å². The Morgan fingerprint density at radius 3 is 2.69 bits per heavy atom. The molecule has 0 fully saturated rings. The van der Waals surface area contributed by atoms with Crippen molar-refractivity contribution in [2.45, 2.75) is 13.3 Å². The van der Waals surface area contributed by atoms with Crippen molar-refractivity contribution < 1.29 is 18.0 Å². The molecule has 4 rings (SSSR count). The molecule has 1 N–H and O–H groups in total. The van der Waals surface area contributed by atoms with Gasteiger partial charge in [-0.15, -0.1) is 11.3 Å². The number of aryl methyl sites for hydroxylation is 1. The number of rotatable bonds is 4. The Kier molecular flexibility index (Phi) is 4.94. The maximum atomic E-state index is 13.4. The molecule has 1 amide bonds. The molecule has 0 atom stereocenters. The maximum absolute atomic E-state index is 13.4. The lowest BCUT2D eigenvalue weighted by Crippen LogP contribution is -2.13. The standard InChI is InChI=1S/C21H14F2N2O3S/c1-11-10-24-21(29-11)25-20(27)15-8-4-7-14-16(26)9-17(28-18(14)15)12-5-2-3-6-13(12)19(22)23/h2-10,19H,1H3,(H,24,25,27). The predicted octanol–water partition coefficient (Wildman–Crippen LogP) is 5.41. The summed E-state index contributed by atoms with van der Waals surface area (Å²) in [4.78, 5) is 30.4. The summed E-state index contributed by atoms with van der Waals surface area (Å²) < 4.78 is 32.6. The van der Waals surface area contributed by atoms with Gasteiger partial charge in [-0.25, -0.2) is 13.8 Å². The topological polar surface area (TPSA) is 72.2 Å². The zero-order chi connectivity index (χ0) is 20.5. The molecule has 0 spiro atoms. The molecule has 2 aromatic heterocycles. The van der Waals surface area contributed by atoms with Crippen LogP contribution < -0.4 is 10.7 Å². The summed E-state index contributed by atoms with van der Waals surface area (Å²) in [5.74, 6) is -0.531. The summed E-state index contributed by atoms with van der Waals surface area (Å²) >= 11 is 1.31. The highest BCUT2D eigenvalue weighted by molar-refractivity contribution is 7.15. The van der Waals surface area contributed by atoms with Crippen LogP contribution in [0.4, 0.5) is 13.9 Å². The van der Waals surface area contributed by atoms with Gasteiger partial charge in [0.25, 0.3) is 12.3 Å². The van der Waals surface area contributed by atoms with Gasteiger partial charge in [0.05, 0.1) is 10.9 Å². The number of alkyl halides is 2. The number of carbonyl (C=O) groups is 1. The highest BCUT2D eigenvalue weighted by Crippen LogP contribution is 2.32. The summed E-state index contributed by atoms with van der Waals surface area (Å²) in [6, 6.07) is 11.5. The van der Waals surface area contributed by atoms with E-state index in [4.69, 9.17) is 4.42 Å². The van der Waals surface area contributed by atoms with E-state index in [1.807, 2.05) is 6.92 Å². The fourth-order valence-corrected chi connectivity index (χ4v) is 3.64. The van der Waals surface area contributed by atoms with Crippen LogP contribution in [0, 0.1) is 6.92 Å². The van der Waals surface area contributed by atoms with Crippen LogP contribution in [0.25, 0.3) is 22.3 Å². The van der Waals surface area contributed by atoms with Crippen LogP contribution in [0.5, 0.6) is 0 Å². The Morgan fingerprint density at radius 1 is 1.17 bits per heavy atom. The predicted molar refractivity (Wildman–Crippen MR) is 108 cm³/mol. The maximum Gasteiger partial charge on any atom is 0.264 e. The first-order valence-corrected chi connectivity index (χ1v) is 9.44. The number of halogens is 2. The first kappa shape index (κ1) is 18.9. The third-order valence-corrected chi connectivity index (χ3v) is 5.13. The van der Waals surface area contributed by atoms with Crippen molar-refractivity contribution in [1.29, 1.82) is 0 Å². The molecule has 0 aliphatic heterocycles. The second kappa shape index (κ2) is 7.56. The van der Waals surface area contributed by atoms with E-state index in [1.54, 1.807) is 18.3 Å². The first-order valence-electron chi connectivity index (χ1n) is 8.62. The number of para-hydroxylation sites is 1. The van der Waals surface area contributed by atoms with Gasteiger partial charge in [0.2, 0.25) is 0 Å². The number of amides is 1. The molecule has 0 bridgehead atoms. The fraction of sp³-hybridized carbons (Fsp3) is 0.0952. The van der Waals surface area contributed by atoms with E-state index in [9.17, 15) is 18.4 Å². The largest absolute Gasteiger partial charge is 0.455 e.